The lowest BCUT2D eigenvalue weighted by Crippen LogP contribution is -2.48. The zero-order valence-corrected chi connectivity index (χ0v) is 15.1. The van der Waals surface area contributed by atoms with Crippen LogP contribution in [0.5, 0.6) is 0 Å². The molecule has 5 heteroatoms. The van der Waals surface area contributed by atoms with Gasteiger partial charge in [-0.3, -0.25) is 9.69 Å². The van der Waals surface area contributed by atoms with E-state index in [9.17, 15) is 4.79 Å². The molecule has 0 saturated carbocycles. The summed E-state index contributed by atoms with van der Waals surface area (Å²) in [4.78, 5) is 14.2. The molecule has 2 N–H and O–H groups in total. The first-order valence-electron chi connectivity index (χ1n) is 8.68. The Kier molecular flexibility index (Phi) is 6.25. The predicted molar refractivity (Wildman–Crippen MR) is 94.2 cm³/mol. The molecule has 0 bridgehead atoms. The highest BCUT2D eigenvalue weighted by Crippen LogP contribution is 2.16. The Hall–Kier alpha value is -1.33. The highest BCUT2D eigenvalue weighted by molar-refractivity contribution is 5.78. The zero-order valence-electron chi connectivity index (χ0n) is 15.1. The van der Waals surface area contributed by atoms with Gasteiger partial charge in [0.05, 0.1) is 6.54 Å². The Morgan fingerprint density at radius 2 is 2.00 bits per heavy atom. The van der Waals surface area contributed by atoms with Gasteiger partial charge in [0.25, 0.3) is 0 Å². The van der Waals surface area contributed by atoms with Gasteiger partial charge < -0.3 is 15.2 Å². The number of hydrogen-bond acceptors (Lipinski definition) is 3. The molecule has 1 aliphatic rings. The van der Waals surface area contributed by atoms with Gasteiger partial charge in [0.2, 0.25) is 5.91 Å². The fourth-order valence-corrected chi connectivity index (χ4v) is 3.09. The minimum Gasteiger partial charge on any atom is -0.353 e. The lowest BCUT2D eigenvalue weighted by atomic mass is 9.96. The van der Waals surface area contributed by atoms with Crippen molar-refractivity contribution in [2.45, 2.75) is 45.7 Å². The largest absolute Gasteiger partial charge is 0.353 e. The highest BCUT2D eigenvalue weighted by Gasteiger charge is 2.22. The van der Waals surface area contributed by atoms with E-state index in [1.54, 1.807) is 0 Å². The standard InChI is InChI=1S/C18H32N4O/c1-18(2,3)20-17(23)14-22-10-7-15(8-11-22)12-19-13-16-6-5-9-21(16)4/h5-6,9,15,19H,7-8,10-14H2,1-4H3,(H,20,23). The molecular formula is C18H32N4O. The third-order valence-electron chi connectivity index (χ3n) is 4.38. The van der Waals surface area contributed by atoms with Crippen molar-refractivity contribution in [1.82, 2.24) is 20.1 Å². The van der Waals surface area contributed by atoms with Gasteiger partial charge in [-0.05, 0) is 71.3 Å². The summed E-state index contributed by atoms with van der Waals surface area (Å²) in [6.45, 7) is 10.6. The highest BCUT2D eigenvalue weighted by atomic mass is 16.2. The van der Waals surface area contributed by atoms with Crippen LogP contribution < -0.4 is 10.6 Å². The maximum Gasteiger partial charge on any atom is 0.234 e. The van der Waals surface area contributed by atoms with E-state index in [0.717, 1.165) is 32.1 Å². The molecule has 1 aromatic rings. The molecule has 5 nitrogen and oxygen atoms in total. The van der Waals surface area contributed by atoms with Crippen LogP contribution in [-0.4, -0.2) is 47.1 Å². The molecule has 0 unspecified atom stereocenters. The number of aromatic nitrogens is 1. The molecule has 1 aromatic heterocycles. The number of hydrogen-bond donors (Lipinski definition) is 2. The zero-order chi connectivity index (χ0) is 16.9. The SMILES string of the molecule is Cn1cccc1CNCC1CCN(CC(=O)NC(C)(C)C)CC1. The number of rotatable bonds is 6. The molecular weight excluding hydrogens is 288 g/mol. The van der Waals surface area contributed by atoms with Gasteiger partial charge in [0.15, 0.2) is 0 Å². The summed E-state index contributed by atoms with van der Waals surface area (Å²) in [5, 5.41) is 6.60. The summed E-state index contributed by atoms with van der Waals surface area (Å²) in [5.74, 6) is 0.856. The molecule has 1 saturated heterocycles. The summed E-state index contributed by atoms with van der Waals surface area (Å²) in [6, 6.07) is 4.24. The molecule has 2 heterocycles. The van der Waals surface area contributed by atoms with E-state index in [1.807, 2.05) is 20.8 Å². The van der Waals surface area contributed by atoms with Crippen LogP contribution in [0.1, 0.15) is 39.3 Å². The van der Waals surface area contributed by atoms with E-state index in [4.69, 9.17) is 0 Å². The Balaban J connectivity index is 1.62. The summed E-state index contributed by atoms with van der Waals surface area (Å²) in [5.41, 5.74) is 1.18. The van der Waals surface area contributed by atoms with Crippen LogP contribution in [0.3, 0.4) is 0 Å². The van der Waals surface area contributed by atoms with Crippen molar-refractivity contribution in [3.8, 4) is 0 Å². The second-order valence-corrected chi connectivity index (χ2v) is 7.76. The number of likely N-dealkylation sites (tertiary alicyclic amines) is 1. The molecule has 1 aliphatic heterocycles. The van der Waals surface area contributed by atoms with Gasteiger partial charge in [-0.15, -0.1) is 0 Å². The average molecular weight is 320 g/mol. The van der Waals surface area contributed by atoms with Crippen LogP contribution in [0.4, 0.5) is 0 Å². The normalized spacial score (nSPS) is 17.4. The molecule has 0 radical (unpaired) electrons. The molecule has 0 aromatic carbocycles. The summed E-state index contributed by atoms with van der Waals surface area (Å²) < 4.78 is 2.16. The lowest BCUT2D eigenvalue weighted by molar-refractivity contribution is -0.124. The molecule has 23 heavy (non-hydrogen) atoms. The first kappa shape index (κ1) is 18.0. The van der Waals surface area contributed by atoms with Crippen molar-refractivity contribution in [3.63, 3.8) is 0 Å². The second-order valence-electron chi connectivity index (χ2n) is 7.76. The van der Waals surface area contributed by atoms with Gasteiger partial charge in [0.1, 0.15) is 0 Å². The molecule has 2 rings (SSSR count). The maximum absolute atomic E-state index is 12.0. The van der Waals surface area contributed by atoms with E-state index in [1.165, 1.54) is 18.5 Å². The maximum atomic E-state index is 12.0. The molecule has 130 valence electrons. The van der Waals surface area contributed by atoms with Crippen molar-refractivity contribution in [2.75, 3.05) is 26.2 Å². The van der Waals surface area contributed by atoms with Crippen LogP contribution in [0.25, 0.3) is 0 Å². The van der Waals surface area contributed by atoms with E-state index in [2.05, 4.69) is 45.5 Å². The molecule has 0 spiro atoms. The predicted octanol–water partition coefficient (Wildman–Crippen LogP) is 1.74. The molecule has 1 amide bonds. The summed E-state index contributed by atoms with van der Waals surface area (Å²) in [6.07, 6.45) is 4.42. The molecule has 0 aliphatic carbocycles. The molecule has 1 fully saturated rings. The van der Waals surface area contributed by atoms with Crippen LogP contribution in [0, 0.1) is 5.92 Å². The fraction of sp³-hybridized carbons (Fsp3) is 0.722. The first-order chi connectivity index (χ1) is 10.8. The van der Waals surface area contributed by atoms with Gasteiger partial charge in [-0.1, -0.05) is 0 Å². The monoisotopic (exact) mass is 320 g/mol. The second kappa shape index (κ2) is 7.97. The minimum atomic E-state index is -0.143. The van der Waals surface area contributed by atoms with Crippen molar-refractivity contribution in [2.24, 2.45) is 13.0 Å². The Labute approximate surface area is 140 Å². The van der Waals surface area contributed by atoms with E-state index in [0.29, 0.717) is 6.54 Å². The van der Waals surface area contributed by atoms with Gasteiger partial charge >= 0.3 is 0 Å². The number of aryl methyl sites for hydroxylation is 1. The van der Waals surface area contributed by atoms with Crippen molar-refractivity contribution in [1.29, 1.82) is 0 Å². The smallest absolute Gasteiger partial charge is 0.234 e. The number of carbonyl (C=O) groups excluding carboxylic acids is 1. The van der Waals surface area contributed by atoms with Crippen molar-refractivity contribution >= 4 is 5.91 Å². The van der Waals surface area contributed by atoms with Crippen molar-refractivity contribution < 1.29 is 4.79 Å². The van der Waals surface area contributed by atoms with E-state index in [-0.39, 0.29) is 11.4 Å². The van der Waals surface area contributed by atoms with Crippen LogP contribution in [0.15, 0.2) is 18.3 Å². The Morgan fingerprint density at radius 3 is 2.57 bits per heavy atom. The van der Waals surface area contributed by atoms with Gasteiger partial charge in [-0.2, -0.15) is 0 Å². The summed E-state index contributed by atoms with van der Waals surface area (Å²) in [7, 11) is 2.08. The Bertz CT molecular complexity index is 495. The van der Waals surface area contributed by atoms with E-state index >= 15 is 0 Å². The number of carbonyl (C=O) groups is 1. The average Bonchev–Trinajstić information content (AvgIpc) is 2.84. The van der Waals surface area contributed by atoms with Crippen molar-refractivity contribution in [3.05, 3.63) is 24.0 Å². The third-order valence-corrected chi connectivity index (χ3v) is 4.38. The topological polar surface area (TPSA) is 49.3 Å². The van der Waals surface area contributed by atoms with Crippen LogP contribution in [-0.2, 0) is 18.4 Å². The van der Waals surface area contributed by atoms with Crippen LogP contribution in [0.2, 0.25) is 0 Å². The minimum absolute atomic E-state index is 0.137. The van der Waals surface area contributed by atoms with E-state index < -0.39 is 0 Å². The first-order valence-corrected chi connectivity index (χ1v) is 8.68. The quantitative estimate of drug-likeness (QED) is 0.839. The van der Waals surface area contributed by atoms with Gasteiger partial charge in [0, 0.05) is 31.0 Å². The number of piperidine rings is 1. The molecule has 0 atom stereocenters. The number of nitrogens with one attached hydrogen (secondary N) is 2. The Morgan fingerprint density at radius 1 is 1.30 bits per heavy atom. The fourth-order valence-electron chi connectivity index (χ4n) is 3.09. The third kappa shape index (κ3) is 6.36. The lowest BCUT2D eigenvalue weighted by Gasteiger charge is -2.32. The van der Waals surface area contributed by atoms with Crippen LogP contribution >= 0.6 is 0 Å². The summed E-state index contributed by atoms with van der Waals surface area (Å²) >= 11 is 0. The number of amides is 1. The van der Waals surface area contributed by atoms with Gasteiger partial charge in [-0.25, -0.2) is 0 Å². The number of nitrogens with zero attached hydrogens (tertiary/aromatic N) is 2.